The van der Waals surface area contributed by atoms with Gasteiger partial charge in [-0.2, -0.15) is 0 Å². The number of benzene rings is 1. The number of hydrogen-bond donors (Lipinski definition) is 1. The van der Waals surface area contributed by atoms with E-state index in [0.29, 0.717) is 5.75 Å². The largest absolute Gasteiger partial charge is 1.00 e. The first-order valence-electron chi connectivity index (χ1n) is 8.36. The molecule has 9 heteroatoms. The van der Waals surface area contributed by atoms with Crippen LogP contribution in [0.3, 0.4) is 0 Å². The molecular formula is C17H28Na2O6S. The van der Waals surface area contributed by atoms with Crippen LogP contribution in [-0.2, 0) is 21.6 Å². The molecule has 0 radical (unpaired) electrons. The fraction of sp³-hybridized carbons (Fsp3) is 0.647. The molecular weight excluding hydrogens is 378 g/mol. The fourth-order valence-corrected chi connectivity index (χ4v) is 1.99. The average molecular weight is 406 g/mol. The number of aromatic hydroxyl groups is 1. The molecule has 0 unspecified atom stereocenters. The van der Waals surface area contributed by atoms with Crippen molar-refractivity contribution in [1.29, 1.82) is 0 Å². The summed E-state index contributed by atoms with van der Waals surface area (Å²) in [7, 11) is -5.17. The number of para-hydroxylation sites is 1. The summed E-state index contributed by atoms with van der Waals surface area (Å²) in [5, 5.41) is 9.58. The molecule has 0 aromatic heterocycles. The summed E-state index contributed by atoms with van der Waals surface area (Å²) in [6, 6.07) is 7.67. The van der Waals surface area contributed by atoms with E-state index in [1.54, 1.807) is 6.07 Å². The number of hydrogen-bond acceptors (Lipinski definition) is 6. The Hall–Kier alpha value is 0.850. The predicted molar refractivity (Wildman–Crippen MR) is 91.1 cm³/mol. The van der Waals surface area contributed by atoms with E-state index in [-0.39, 0.29) is 59.1 Å². The summed E-state index contributed by atoms with van der Waals surface area (Å²) < 4.78 is 38.6. The Balaban J connectivity index is -0.000000442. The van der Waals surface area contributed by atoms with E-state index in [0.717, 1.165) is 25.2 Å². The van der Waals surface area contributed by atoms with Gasteiger partial charge in [0.15, 0.2) is 0 Å². The Morgan fingerprint density at radius 3 is 1.81 bits per heavy atom. The molecule has 2 rings (SSSR count). The molecule has 0 spiro atoms. The summed E-state index contributed by atoms with van der Waals surface area (Å²) >= 11 is 0. The van der Waals surface area contributed by atoms with Crippen LogP contribution in [0.2, 0.25) is 0 Å². The molecule has 0 bridgehead atoms. The first-order valence-corrected chi connectivity index (χ1v) is 9.69. The molecule has 1 saturated heterocycles. The van der Waals surface area contributed by atoms with Crippen molar-refractivity contribution < 1.29 is 86.5 Å². The van der Waals surface area contributed by atoms with Gasteiger partial charge in [-0.05, 0) is 24.5 Å². The summed E-state index contributed by atoms with van der Waals surface area (Å²) in [6.07, 6.45) is 10.3. The molecule has 1 fully saturated rings. The van der Waals surface area contributed by atoms with Crippen LogP contribution in [0.25, 0.3) is 0 Å². The number of unbranched alkanes of at least 4 members (excludes halogenated alkanes) is 6. The van der Waals surface area contributed by atoms with E-state index in [1.165, 1.54) is 44.9 Å². The molecule has 0 atom stereocenters. The van der Waals surface area contributed by atoms with Gasteiger partial charge in [-0.3, -0.25) is 8.42 Å². The van der Waals surface area contributed by atoms with E-state index in [4.69, 9.17) is 17.5 Å². The van der Waals surface area contributed by atoms with Crippen LogP contribution in [0.15, 0.2) is 24.3 Å². The Bertz CT molecular complexity index is 513. The number of aryl methyl sites for hydroxylation is 1. The fourth-order valence-electron chi connectivity index (χ4n) is 1.99. The van der Waals surface area contributed by atoms with Gasteiger partial charge in [0.25, 0.3) is 0 Å². The second-order valence-electron chi connectivity index (χ2n) is 5.52. The van der Waals surface area contributed by atoms with Gasteiger partial charge in [0.1, 0.15) is 5.75 Å². The van der Waals surface area contributed by atoms with Crippen LogP contribution in [-0.4, -0.2) is 35.8 Å². The second kappa shape index (κ2) is 20.6. The molecule has 0 aliphatic carbocycles. The zero-order chi connectivity index (χ0) is 18.3. The summed E-state index contributed by atoms with van der Waals surface area (Å²) in [6.45, 7) is 4.25. The van der Waals surface area contributed by atoms with Gasteiger partial charge in [-0.1, -0.05) is 63.6 Å². The van der Waals surface area contributed by atoms with Crippen LogP contribution in [0, 0.1) is 0 Å². The molecule has 1 heterocycles. The Morgan fingerprint density at radius 2 is 1.38 bits per heavy atom. The van der Waals surface area contributed by atoms with Crippen molar-refractivity contribution >= 4 is 10.4 Å². The SMILES string of the molecule is C1CO1.CCCCCCCCCc1ccccc1O.O=S(=O)([O-])[O-].[Na+].[Na+]. The van der Waals surface area contributed by atoms with E-state index >= 15 is 0 Å². The van der Waals surface area contributed by atoms with Crippen molar-refractivity contribution in [2.75, 3.05) is 13.2 Å². The predicted octanol–water partition coefficient (Wildman–Crippen LogP) is -2.63. The molecule has 1 aromatic carbocycles. The topological polar surface area (TPSA) is 113 Å². The first kappa shape index (κ1) is 31.5. The molecule has 1 aliphatic heterocycles. The zero-order valence-corrected chi connectivity index (χ0v) is 21.1. The number of rotatable bonds is 8. The molecule has 0 saturated carbocycles. The van der Waals surface area contributed by atoms with E-state index in [1.807, 2.05) is 18.2 Å². The summed E-state index contributed by atoms with van der Waals surface area (Å²) in [5.74, 6) is 0.452. The maximum atomic E-state index is 9.58. The second-order valence-corrected chi connectivity index (χ2v) is 6.34. The number of epoxide rings is 1. The third-order valence-corrected chi connectivity index (χ3v) is 3.25. The van der Waals surface area contributed by atoms with Crippen LogP contribution in [0.1, 0.15) is 57.4 Å². The van der Waals surface area contributed by atoms with Gasteiger partial charge in [0, 0.05) is 10.4 Å². The molecule has 0 amide bonds. The maximum absolute atomic E-state index is 9.58. The van der Waals surface area contributed by atoms with Gasteiger partial charge in [0.2, 0.25) is 0 Å². The quantitative estimate of drug-likeness (QED) is 0.166. The maximum Gasteiger partial charge on any atom is 1.00 e. The molecule has 6 nitrogen and oxygen atoms in total. The third-order valence-electron chi connectivity index (χ3n) is 3.25. The number of ether oxygens (including phenoxy) is 1. The first-order chi connectivity index (χ1) is 11.3. The van der Waals surface area contributed by atoms with Crippen LogP contribution in [0.4, 0.5) is 0 Å². The minimum absolute atomic E-state index is 0. The zero-order valence-electron chi connectivity index (χ0n) is 16.3. The van der Waals surface area contributed by atoms with Crippen molar-refractivity contribution in [3.63, 3.8) is 0 Å². The minimum Gasteiger partial charge on any atom is -0.759 e. The molecule has 1 aromatic rings. The molecule has 1 aliphatic rings. The molecule has 26 heavy (non-hydrogen) atoms. The van der Waals surface area contributed by atoms with E-state index < -0.39 is 10.4 Å². The van der Waals surface area contributed by atoms with Crippen LogP contribution >= 0.6 is 0 Å². The third kappa shape index (κ3) is 29.6. The van der Waals surface area contributed by atoms with E-state index in [2.05, 4.69) is 11.7 Å². The monoisotopic (exact) mass is 406 g/mol. The normalized spacial score (nSPS) is 11.5. The summed E-state index contributed by atoms with van der Waals surface area (Å²) in [4.78, 5) is 0. The standard InChI is InChI=1S/C15H24O.C2H4O.2Na.H2O4S/c1-2-3-4-5-6-7-8-11-14-12-9-10-13-15(14)16;1-2-3-1;;;1-5(2,3)4/h9-10,12-13,16H,2-8,11H2,1H3;1-2H2;;;(H2,1,2,3,4)/q;;2*+1;/p-2. The Kier molecular flexibility index (Phi) is 25.0. The van der Waals surface area contributed by atoms with Gasteiger partial charge < -0.3 is 18.9 Å². The summed E-state index contributed by atoms with van der Waals surface area (Å²) in [5.41, 5.74) is 1.09. The minimum atomic E-state index is -5.17. The van der Waals surface area contributed by atoms with Crippen molar-refractivity contribution in [3.8, 4) is 5.75 Å². The molecule has 140 valence electrons. The number of phenolic OH excluding ortho intramolecular Hbond substituents is 1. The van der Waals surface area contributed by atoms with Crippen molar-refractivity contribution in [2.45, 2.75) is 58.3 Å². The van der Waals surface area contributed by atoms with Gasteiger partial charge in [0.05, 0.1) is 13.2 Å². The molecule has 1 N–H and O–H groups in total. The Labute approximate surface area is 202 Å². The van der Waals surface area contributed by atoms with Crippen molar-refractivity contribution in [3.05, 3.63) is 29.8 Å². The van der Waals surface area contributed by atoms with Gasteiger partial charge in [-0.15, -0.1) is 0 Å². The van der Waals surface area contributed by atoms with Gasteiger partial charge in [-0.25, -0.2) is 0 Å². The van der Waals surface area contributed by atoms with Gasteiger partial charge >= 0.3 is 59.1 Å². The average Bonchev–Trinajstić information content (AvgIpc) is 3.35. The van der Waals surface area contributed by atoms with E-state index in [9.17, 15) is 5.11 Å². The van der Waals surface area contributed by atoms with Crippen LogP contribution < -0.4 is 59.1 Å². The van der Waals surface area contributed by atoms with Crippen molar-refractivity contribution in [2.24, 2.45) is 0 Å². The Morgan fingerprint density at radius 1 is 0.962 bits per heavy atom. The number of phenols is 1. The smallest absolute Gasteiger partial charge is 0.759 e. The van der Waals surface area contributed by atoms with Crippen molar-refractivity contribution in [1.82, 2.24) is 0 Å². The van der Waals surface area contributed by atoms with Crippen LogP contribution in [0.5, 0.6) is 5.75 Å².